The van der Waals surface area contributed by atoms with Gasteiger partial charge < -0.3 is 14.4 Å². The summed E-state index contributed by atoms with van der Waals surface area (Å²) in [6.45, 7) is 4.81. The molecule has 1 N–H and O–H groups in total. The number of carbonyl (C=O) groups excluding carboxylic acids is 1. The van der Waals surface area contributed by atoms with E-state index in [1.165, 1.54) is 6.26 Å². The highest BCUT2D eigenvalue weighted by atomic mass is 16.3. The molecule has 1 heterocycles. The van der Waals surface area contributed by atoms with E-state index in [2.05, 4.69) is 0 Å². The van der Waals surface area contributed by atoms with Gasteiger partial charge in [0.25, 0.3) is 5.91 Å². The van der Waals surface area contributed by atoms with Gasteiger partial charge in [0.15, 0.2) is 0 Å². The zero-order valence-electron chi connectivity index (χ0n) is 9.19. The number of rotatable bonds is 5. The lowest BCUT2D eigenvalue weighted by Crippen LogP contribution is -2.33. The minimum absolute atomic E-state index is 0.0113. The standard InChI is InChI=1S/C11H17NO3/c1-3-4-12(5-6-13)11(14)10-7-9(2)15-8-10/h7-8,13H,3-6H2,1-2H3. The monoisotopic (exact) mass is 211 g/mol. The largest absolute Gasteiger partial charge is 0.469 e. The number of hydrogen-bond acceptors (Lipinski definition) is 3. The van der Waals surface area contributed by atoms with Crippen molar-refractivity contribution in [2.24, 2.45) is 0 Å². The molecular weight excluding hydrogens is 194 g/mol. The maximum absolute atomic E-state index is 11.9. The van der Waals surface area contributed by atoms with Crippen LogP contribution in [0.1, 0.15) is 29.5 Å². The van der Waals surface area contributed by atoms with Crippen molar-refractivity contribution in [1.82, 2.24) is 4.90 Å². The van der Waals surface area contributed by atoms with E-state index in [4.69, 9.17) is 9.52 Å². The fourth-order valence-corrected chi connectivity index (χ4v) is 1.44. The van der Waals surface area contributed by atoms with E-state index >= 15 is 0 Å². The Morgan fingerprint density at radius 3 is 2.73 bits per heavy atom. The number of aliphatic hydroxyl groups is 1. The lowest BCUT2D eigenvalue weighted by Gasteiger charge is -2.19. The highest BCUT2D eigenvalue weighted by Gasteiger charge is 2.15. The lowest BCUT2D eigenvalue weighted by molar-refractivity contribution is 0.0721. The average Bonchev–Trinajstić information content (AvgIpc) is 2.63. The summed E-state index contributed by atoms with van der Waals surface area (Å²) < 4.78 is 5.08. The SMILES string of the molecule is CCCN(CCO)C(=O)c1coc(C)c1. The van der Waals surface area contributed by atoms with Gasteiger partial charge in [-0.2, -0.15) is 0 Å². The van der Waals surface area contributed by atoms with Crippen molar-refractivity contribution in [2.75, 3.05) is 19.7 Å². The fourth-order valence-electron chi connectivity index (χ4n) is 1.44. The second-order valence-electron chi connectivity index (χ2n) is 3.46. The molecule has 0 atom stereocenters. The molecule has 0 saturated heterocycles. The molecule has 1 amide bonds. The van der Waals surface area contributed by atoms with E-state index in [-0.39, 0.29) is 12.5 Å². The normalized spacial score (nSPS) is 10.3. The van der Waals surface area contributed by atoms with Gasteiger partial charge in [0.05, 0.1) is 12.2 Å². The smallest absolute Gasteiger partial charge is 0.257 e. The molecule has 4 nitrogen and oxygen atoms in total. The molecule has 1 aromatic heterocycles. The van der Waals surface area contributed by atoms with E-state index in [1.807, 2.05) is 6.92 Å². The Balaban J connectivity index is 2.71. The van der Waals surface area contributed by atoms with Crippen molar-refractivity contribution in [2.45, 2.75) is 20.3 Å². The number of aryl methyl sites for hydroxylation is 1. The second-order valence-corrected chi connectivity index (χ2v) is 3.46. The first kappa shape index (κ1) is 11.8. The lowest BCUT2D eigenvalue weighted by atomic mass is 10.2. The molecule has 1 aromatic rings. The van der Waals surface area contributed by atoms with Crippen LogP contribution in [-0.2, 0) is 0 Å². The summed E-state index contributed by atoms with van der Waals surface area (Å²) in [5, 5.41) is 8.85. The molecular formula is C11H17NO3. The van der Waals surface area contributed by atoms with Crippen LogP contribution < -0.4 is 0 Å². The summed E-state index contributed by atoms with van der Waals surface area (Å²) in [5.41, 5.74) is 0.550. The first-order chi connectivity index (χ1) is 7.19. The van der Waals surface area contributed by atoms with Crippen LogP contribution >= 0.6 is 0 Å². The summed E-state index contributed by atoms with van der Waals surface area (Å²) in [7, 11) is 0. The van der Waals surface area contributed by atoms with Gasteiger partial charge >= 0.3 is 0 Å². The fraction of sp³-hybridized carbons (Fsp3) is 0.545. The van der Waals surface area contributed by atoms with Crippen molar-refractivity contribution >= 4 is 5.91 Å². The molecule has 0 bridgehead atoms. The summed E-state index contributed by atoms with van der Waals surface area (Å²) in [4.78, 5) is 13.5. The third kappa shape index (κ3) is 3.09. The summed E-state index contributed by atoms with van der Waals surface area (Å²) in [6.07, 6.45) is 2.33. The molecule has 0 fully saturated rings. The minimum atomic E-state index is -0.0808. The van der Waals surface area contributed by atoms with E-state index in [1.54, 1.807) is 17.9 Å². The third-order valence-electron chi connectivity index (χ3n) is 2.13. The van der Waals surface area contributed by atoms with Crippen LogP contribution in [0.15, 0.2) is 16.7 Å². The predicted octanol–water partition coefficient (Wildman–Crippen LogP) is 1.43. The number of hydrogen-bond donors (Lipinski definition) is 1. The quantitative estimate of drug-likeness (QED) is 0.801. The molecule has 0 radical (unpaired) electrons. The summed E-state index contributed by atoms with van der Waals surface area (Å²) in [6, 6.07) is 1.71. The molecule has 0 aliphatic heterocycles. The van der Waals surface area contributed by atoms with Crippen LogP contribution in [0.4, 0.5) is 0 Å². The summed E-state index contributed by atoms with van der Waals surface area (Å²) in [5.74, 6) is 0.640. The number of amides is 1. The topological polar surface area (TPSA) is 53.7 Å². The Hall–Kier alpha value is -1.29. The predicted molar refractivity (Wildman–Crippen MR) is 56.7 cm³/mol. The zero-order valence-corrected chi connectivity index (χ0v) is 9.19. The van der Waals surface area contributed by atoms with Crippen molar-refractivity contribution < 1.29 is 14.3 Å². The average molecular weight is 211 g/mol. The first-order valence-corrected chi connectivity index (χ1v) is 5.14. The maximum Gasteiger partial charge on any atom is 0.257 e. The summed E-state index contributed by atoms with van der Waals surface area (Å²) >= 11 is 0. The number of carbonyl (C=O) groups is 1. The van der Waals surface area contributed by atoms with E-state index in [0.717, 1.165) is 12.2 Å². The Labute approximate surface area is 89.5 Å². The molecule has 0 spiro atoms. The second kappa shape index (κ2) is 5.56. The molecule has 15 heavy (non-hydrogen) atoms. The van der Waals surface area contributed by atoms with Crippen LogP contribution in [0.5, 0.6) is 0 Å². The number of furan rings is 1. The van der Waals surface area contributed by atoms with Crippen LogP contribution in [0, 0.1) is 6.92 Å². The van der Waals surface area contributed by atoms with E-state index in [0.29, 0.717) is 18.7 Å². The number of nitrogens with zero attached hydrogens (tertiary/aromatic N) is 1. The van der Waals surface area contributed by atoms with E-state index < -0.39 is 0 Å². The molecule has 0 saturated carbocycles. The van der Waals surface area contributed by atoms with Crippen LogP contribution in [0.25, 0.3) is 0 Å². The van der Waals surface area contributed by atoms with Crippen molar-refractivity contribution in [3.05, 3.63) is 23.7 Å². The molecule has 0 aliphatic carbocycles. The van der Waals surface area contributed by atoms with Crippen molar-refractivity contribution in [3.8, 4) is 0 Å². The molecule has 0 aromatic carbocycles. The van der Waals surface area contributed by atoms with Gasteiger partial charge in [-0.05, 0) is 19.4 Å². The highest BCUT2D eigenvalue weighted by molar-refractivity contribution is 5.94. The first-order valence-electron chi connectivity index (χ1n) is 5.14. The van der Waals surface area contributed by atoms with Crippen LogP contribution in [0.2, 0.25) is 0 Å². The minimum Gasteiger partial charge on any atom is -0.469 e. The Morgan fingerprint density at radius 2 is 2.27 bits per heavy atom. The molecule has 4 heteroatoms. The molecule has 0 unspecified atom stereocenters. The maximum atomic E-state index is 11.9. The molecule has 1 rings (SSSR count). The Kier molecular flexibility index (Phi) is 4.37. The van der Waals surface area contributed by atoms with E-state index in [9.17, 15) is 4.79 Å². The zero-order chi connectivity index (χ0) is 11.3. The van der Waals surface area contributed by atoms with Crippen molar-refractivity contribution in [1.29, 1.82) is 0 Å². The van der Waals surface area contributed by atoms with Gasteiger partial charge in [-0.3, -0.25) is 4.79 Å². The number of aliphatic hydroxyl groups excluding tert-OH is 1. The molecule has 84 valence electrons. The Morgan fingerprint density at radius 1 is 1.53 bits per heavy atom. The van der Waals surface area contributed by atoms with Gasteiger partial charge in [-0.1, -0.05) is 6.92 Å². The van der Waals surface area contributed by atoms with Crippen LogP contribution in [0.3, 0.4) is 0 Å². The third-order valence-corrected chi connectivity index (χ3v) is 2.13. The van der Waals surface area contributed by atoms with Gasteiger partial charge in [0.2, 0.25) is 0 Å². The van der Waals surface area contributed by atoms with Crippen molar-refractivity contribution in [3.63, 3.8) is 0 Å². The van der Waals surface area contributed by atoms with Gasteiger partial charge in [0.1, 0.15) is 12.0 Å². The Bertz CT molecular complexity index is 313. The highest BCUT2D eigenvalue weighted by Crippen LogP contribution is 2.09. The van der Waals surface area contributed by atoms with Gasteiger partial charge in [0, 0.05) is 13.1 Å². The molecule has 0 aliphatic rings. The van der Waals surface area contributed by atoms with Crippen LogP contribution in [-0.4, -0.2) is 35.6 Å². The van der Waals surface area contributed by atoms with Gasteiger partial charge in [-0.25, -0.2) is 0 Å². The van der Waals surface area contributed by atoms with Gasteiger partial charge in [-0.15, -0.1) is 0 Å².